The Bertz CT molecular complexity index is 627. The molecule has 2 aromatic rings. The lowest BCUT2D eigenvalue weighted by molar-refractivity contribution is -0.385. The molecule has 0 saturated carbocycles. The Balaban J connectivity index is 2.40. The standard InChI is InChI=1S/C14H13NO5/c1-19-11-6-7-14(12(8-11)15(17)18)20-13-5-3-2-4-10(13)9-16/h2-8,16H,9H2,1H3. The molecule has 0 radical (unpaired) electrons. The van der Waals surface area contributed by atoms with Gasteiger partial charge in [0, 0.05) is 5.56 Å². The van der Waals surface area contributed by atoms with Crippen LogP contribution in [0.2, 0.25) is 0 Å². The molecule has 104 valence electrons. The Kier molecular flexibility index (Phi) is 4.17. The fourth-order valence-corrected chi connectivity index (χ4v) is 1.71. The number of nitrogens with zero attached hydrogens (tertiary/aromatic N) is 1. The first-order valence-electron chi connectivity index (χ1n) is 5.84. The van der Waals surface area contributed by atoms with E-state index in [4.69, 9.17) is 9.47 Å². The van der Waals surface area contributed by atoms with Gasteiger partial charge in [-0.3, -0.25) is 10.1 Å². The van der Waals surface area contributed by atoms with Crippen LogP contribution in [0.25, 0.3) is 0 Å². The largest absolute Gasteiger partial charge is 0.496 e. The van der Waals surface area contributed by atoms with E-state index in [1.165, 1.54) is 19.2 Å². The third-order valence-electron chi connectivity index (χ3n) is 2.73. The van der Waals surface area contributed by atoms with Crippen LogP contribution < -0.4 is 9.47 Å². The number of benzene rings is 2. The molecular weight excluding hydrogens is 262 g/mol. The maximum absolute atomic E-state index is 11.1. The number of nitro benzene ring substituents is 1. The van der Waals surface area contributed by atoms with Crippen LogP contribution in [0.3, 0.4) is 0 Å². The number of rotatable bonds is 5. The molecule has 1 N–H and O–H groups in total. The number of nitro groups is 1. The van der Waals surface area contributed by atoms with Gasteiger partial charge >= 0.3 is 5.69 Å². The summed E-state index contributed by atoms with van der Waals surface area (Å²) in [7, 11) is 1.43. The molecule has 20 heavy (non-hydrogen) atoms. The molecule has 0 aromatic heterocycles. The minimum Gasteiger partial charge on any atom is -0.496 e. The van der Waals surface area contributed by atoms with E-state index in [1.807, 2.05) is 0 Å². The molecule has 0 bridgehead atoms. The molecule has 2 aromatic carbocycles. The molecule has 0 saturated heterocycles. The van der Waals surface area contributed by atoms with Crippen molar-refractivity contribution in [3.63, 3.8) is 0 Å². The predicted molar refractivity (Wildman–Crippen MR) is 72.1 cm³/mol. The summed E-state index contributed by atoms with van der Waals surface area (Å²) in [5.41, 5.74) is 0.356. The number of aliphatic hydroxyl groups excluding tert-OH is 1. The zero-order valence-electron chi connectivity index (χ0n) is 10.8. The zero-order chi connectivity index (χ0) is 14.5. The van der Waals surface area contributed by atoms with Gasteiger partial charge in [-0.1, -0.05) is 18.2 Å². The highest BCUT2D eigenvalue weighted by Gasteiger charge is 2.18. The van der Waals surface area contributed by atoms with Crippen LogP contribution in [-0.2, 0) is 6.61 Å². The van der Waals surface area contributed by atoms with E-state index in [1.54, 1.807) is 30.3 Å². The van der Waals surface area contributed by atoms with E-state index >= 15 is 0 Å². The summed E-state index contributed by atoms with van der Waals surface area (Å²) in [6, 6.07) is 11.1. The summed E-state index contributed by atoms with van der Waals surface area (Å²) < 4.78 is 10.5. The molecule has 0 atom stereocenters. The number of para-hydroxylation sites is 1. The van der Waals surface area contributed by atoms with Crippen molar-refractivity contribution in [3.8, 4) is 17.2 Å². The first-order chi connectivity index (χ1) is 9.65. The van der Waals surface area contributed by atoms with Gasteiger partial charge < -0.3 is 14.6 Å². The number of hydrogen-bond donors (Lipinski definition) is 1. The highest BCUT2D eigenvalue weighted by atomic mass is 16.6. The van der Waals surface area contributed by atoms with Crippen LogP contribution in [0.1, 0.15) is 5.56 Å². The van der Waals surface area contributed by atoms with Crippen LogP contribution in [-0.4, -0.2) is 17.1 Å². The van der Waals surface area contributed by atoms with Crippen molar-refractivity contribution in [3.05, 3.63) is 58.1 Å². The van der Waals surface area contributed by atoms with Crippen LogP contribution in [0.4, 0.5) is 5.69 Å². The van der Waals surface area contributed by atoms with Crippen molar-refractivity contribution in [2.24, 2.45) is 0 Å². The first kappa shape index (κ1) is 13.8. The molecule has 0 aliphatic carbocycles. The third kappa shape index (κ3) is 2.86. The summed E-state index contributed by atoms with van der Waals surface area (Å²) >= 11 is 0. The summed E-state index contributed by atoms with van der Waals surface area (Å²) in [6.45, 7) is -0.208. The quantitative estimate of drug-likeness (QED) is 0.670. The Hall–Kier alpha value is -2.60. The molecular formula is C14H13NO5. The van der Waals surface area contributed by atoms with E-state index in [2.05, 4.69) is 0 Å². The van der Waals surface area contributed by atoms with Gasteiger partial charge in [0.2, 0.25) is 5.75 Å². The molecule has 2 rings (SSSR count). The number of ether oxygens (including phenoxy) is 2. The zero-order valence-corrected chi connectivity index (χ0v) is 10.8. The summed E-state index contributed by atoms with van der Waals surface area (Å²) in [4.78, 5) is 10.5. The van der Waals surface area contributed by atoms with E-state index in [0.717, 1.165) is 0 Å². The number of aliphatic hydroxyl groups is 1. The Morgan fingerprint density at radius 1 is 1.20 bits per heavy atom. The maximum atomic E-state index is 11.1. The monoisotopic (exact) mass is 275 g/mol. The summed E-state index contributed by atoms with van der Waals surface area (Å²) in [5.74, 6) is 0.847. The predicted octanol–water partition coefficient (Wildman–Crippen LogP) is 2.89. The van der Waals surface area contributed by atoms with E-state index in [0.29, 0.717) is 17.1 Å². The smallest absolute Gasteiger partial charge is 0.315 e. The Morgan fingerprint density at radius 2 is 1.95 bits per heavy atom. The average Bonchev–Trinajstić information content (AvgIpc) is 2.48. The van der Waals surface area contributed by atoms with Gasteiger partial charge in [-0.2, -0.15) is 0 Å². The van der Waals surface area contributed by atoms with Gasteiger partial charge in [0.05, 0.1) is 24.7 Å². The molecule has 6 heteroatoms. The van der Waals surface area contributed by atoms with Gasteiger partial charge in [-0.15, -0.1) is 0 Å². The maximum Gasteiger partial charge on any atom is 0.315 e. The van der Waals surface area contributed by atoms with Crippen LogP contribution in [0, 0.1) is 10.1 Å². The van der Waals surface area contributed by atoms with Gasteiger partial charge in [-0.05, 0) is 18.2 Å². The molecule has 0 unspecified atom stereocenters. The van der Waals surface area contributed by atoms with Crippen molar-refractivity contribution in [1.82, 2.24) is 0 Å². The van der Waals surface area contributed by atoms with Crippen molar-refractivity contribution >= 4 is 5.69 Å². The topological polar surface area (TPSA) is 81.8 Å². The van der Waals surface area contributed by atoms with Crippen molar-refractivity contribution in [2.45, 2.75) is 6.61 Å². The fourth-order valence-electron chi connectivity index (χ4n) is 1.71. The highest BCUT2D eigenvalue weighted by Crippen LogP contribution is 2.35. The second kappa shape index (κ2) is 6.03. The van der Waals surface area contributed by atoms with Gasteiger partial charge in [0.1, 0.15) is 11.5 Å². The van der Waals surface area contributed by atoms with Crippen molar-refractivity contribution in [1.29, 1.82) is 0 Å². The summed E-state index contributed by atoms with van der Waals surface area (Å²) in [5, 5.41) is 20.3. The first-order valence-corrected chi connectivity index (χ1v) is 5.84. The van der Waals surface area contributed by atoms with Crippen LogP contribution in [0.15, 0.2) is 42.5 Å². The van der Waals surface area contributed by atoms with Crippen molar-refractivity contribution < 1.29 is 19.5 Å². The van der Waals surface area contributed by atoms with E-state index in [9.17, 15) is 15.2 Å². The second-order valence-corrected chi connectivity index (χ2v) is 3.96. The second-order valence-electron chi connectivity index (χ2n) is 3.96. The SMILES string of the molecule is COc1ccc(Oc2ccccc2CO)c([N+](=O)[O-])c1. The average molecular weight is 275 g/mol. The minimum atomic E-state index is -0.542. The lowest BCUT2D eigenvalue weighted by atomic mass is 10.2. The fraction of sp³-hybridized carbons (Fsp3) is 0.143. The lowest BCUT2D eigenvalue weighted by Gasteiger charge is -2.10. The summed E-state index contributed by atoms with van der Waals surface area (Å²) in [6.07, 6.45) is 0. The Labute approximate surface area is 115 Å². The van der Waals surface area contributed by atoms with E-state index < -0.39 is 4.92 Å². The highest BCUT2D eigenvalue weighted by molar-refractivity contribution is 5.53. The van der Waals surface area contributed by atoms with Crippen molar-refractivity contribution in [2.75, 3.05) is 7.11 Å². The van der Waals surface area contributed by atoms with Gasteiger partial charge in [0.25, 0.3) is 0 Å². The normalized spacial score (nSPS) is 10.1. The number of methoxy groups -OCH3 is 1. The Morgan fingerprint density at radius 3 is 2.60 bits per heavy atom. The molecule has 0 heterocycles. The molecule has 0 aliphatic heterocycles. The molecule has 6 nitrogen and oxygen atoms in total. The molecule has 0 spiro atoms. The van der Waals surface area contributed by atoms with Crippen LogP contribution >= 0.6 is 0 Å². The van der Waals surface area contributed by atoms with Crippen LogP contribution in [0.5, 0.6) is 17.2 Å². The van der Waals surface area contributed by atoms with Gasteiger partial charge in [-0.25, -0.2) is 0 Å². The molecule has 0 amide bonds. The molecule has 0 aliphatic rings. The lowest BCUT2D eigenvalue weighted by Crippen LogP contribution is -1.96. The molecule has 0 fully saturated rings. The number of hydrogen-bond acceptors (Lipinski definition) is 5. The van der Waals surface area contributed by atoms with Gasteiger partial charge in [0.15, 0.2) is 0 Å². The third-order valence-corrected chi connectivity index (χ3v) is 2.73. The van der Waals surface area contributed by atoms with E-state index in [-0.39, 0.29) is 18.0 Å². The minimum absolute atomic E-state index is 0.0942.